The summed E-state index contributed by atoms with van der Waals surface area (Å²) < 4.78 is 29.8. The fraction of sp³-hybridized carbons (Fsp3) is 0.105. The van der Waals surface area contributed by atoms with E-state index in [1.54, 1.807) is 42.7 Å². The lowest BCUT2D eigenvalue weighted by atomic mass is 10.3. The van der Waals surface area contributed by atoms with Crippen LogP contribution < -0.4 is 10.0 Å². The summed E-state index contributed by atoms with van der Waals surface area (Å²) in [4.78, 5) is 13.3. The van der Waals surface area contributed by atoms with Gasteiger partial charge in [-0.15, -0.1) is 0 Å². The number of halogens is 1. The third kappa shape index (κ3) is 4.44. The van der Waals surface area contributed by atoms with E-state index in [0.717, 1.165) is 15.5 Å². The van der Waals surface area contributed by atoms with E-state index in [-0.39, 0.29) is 11.4 Å². The summed E-state index contributed by atoms with van der Waals surface area (Å²) in [5.74, 6) is 1.08. The first-order chi connectivity index (χ1) is 14.0. The van der Waals surface area contributed by atoms with Crippen molar-refractivity contribution in [3.05, 3.63) is 71.6 Å². The Morgan fingerprint density at radius 2 is 1.79 bits per heavy atom. The number of pyridine rings is 1. The standard InChI is InChI=1S/C19H17BrN6O2S/c20-15-3-5-16(6-4-15)29(27,28)24-12-11-23-19-22-10-7-17(25-19)26-13-8-14-2-1-9-21-18(14)26/h1-10,13,24H,11-12H2,(H,22,23,25). The number of nitrogens with zero attached hydrogens (tertiary/aromatic N) is 4. The Balaban J connectivity index is 1.40. The number of nitrogens with one attached hydrogen (secondary N) is 2. The van der Waals surface area contributed by atoms with E-state index in [0.29, 0.717) is 18.3 Å². The molecule has 0 radical (unpaired) electrons. The fourth-order valence-corrected chi connectivity index (χ4v) is 4.07. The molecule has 10 heteroatoms. The molecule has 0 spiro atoms. The van der Waals surface area contributed by atoms with Crippen LogP contribution in [-0.2, 0) is 10.0 Å². The minimum atomic E-state index is -3.56. The van der Waals surface area contributed by atoms with E-state index < -0.39 is 10.0 Å². The molecule has 0 saturated carbocycles. The second-order valence-electron chi connectivity index (χ2n) is 6.12. The number of hydrogen-bond acceptors (Lipinski definition) is 6. The molecule has 4 rings (SSSR count). The summed E-state index contributed by atoms with van der Waals surface area (Å²) in [6, 6.07) is 14.1. The molecule has 0 atom stereocenters. The number of sulfonamides is 1. The molecule has 3 heterocycles. The number of fused-ring (bicyclic) bond motifs is 1. The van der Waals surface area contributed by atoms with Crippen LogP contribution in [0.2, 0.25) is 0 Å². The monoisotopic (exact) mass is 472 g/mol. The Kier molecular flexibility index (Phi) is 5.56. The van der Waals surface area contributed by atoms with Gasteiger partial charge in [-0.1, -0.05) is 15.9 Å². The zero-order valence-electron chi connectivity index (χ0n) is 15.2. The number of anilines is 1. The molecule has 29 heavy (non-hydrogen) atoms. The quantitative estimate of drug-likeness (QED) is 0.401. The maximum Gasteiger partial charge on any atom is 0.240 e. The van der Waals surface area contributed by atoms with Crippen LogP contribution in [-0.4, -0.2) is 41.0 Å². The van der Waals surface area contributed by atoms with Gasteiger partial charge in [-0.25, -0.2) is 23.1 Å². The smallest absolute Gasteiger partial charge is 0.240 e. The van der Waals surface area contributed by atoms with E-state index in [2.05, 4.69) is 40.9 Å². The van der Waals surface area contributed by atoms with Gasteiger partial charge in [0.2, 0.25) is 16.0 Å². The second-order valence-corrected chi connectivity index (χ2v) is 8.80. The maximum absolute atomic E-state index is 12.3. The van der Waals surface area contributed by atoms with Gasteiger partial charge in [0, 0.05) is 41.5 Å². The SMILES string of the molecule is O=S(=O)(NCCNc1nccc(-n2ccc3cccnc32)n1)c1ccc(Br)cc1. The van der Waals surface area contributed by atoms with Crippen molar-refractivity contribution in [1.82, 2.24) is 24.2 Å². The summed E-state index contributed by atoms with van der Waals surface area (Å²) in [6.07, 6.45) is 5.28. The van der Waals surface area contributed by atoms with E-state index >= 15 is 0 Å². The molecule has 1 aromatic carbocycles. The molecule has 148 valence electrons. The van der Waals surface area contributed by atoms with Crippen molar-refractivity contribution in [1.29, 1.82) is 0 Å². The van der Waals surface area contributed by atoms with E-state index in [1.807, 2.05) is 29.0 Å². The maximum atomic E-state index is 12.3. The highest BCUT2D eigenvalue weighted by atomic mass is 79.9. The highest BCUT2D eigenvalue weighted by Gasteiger charge is 2.13. The number of aromatic nitrogens is 4. The summed E-state index contributed by atoms with van der Waals surface area (Å²) in [6.45, 7) is 0.532. The average molecular weight is 473 g/mol. The zero-order valence-corrected chi connectivity index (χ0v) is 17.6. The molecular weight excluding hydrogens is 456 g/mol. The van der Waals surface area contributed by atoms with Crippen LogP contribution in [0.5, 0.6) is 0 Å². The van der Waals surface area contributed by atoms with Gasteiger partial charge >= 0.3 is 0 Å². The van der Waals surface area contributed by atoms with Gasteiger partial charge in [-0.05, 0) is 48.5 Å². The Bertz CT molecular complexity index is 1240. The van der Waals surface area contributed by atoms with Crippen LogP contribution in [0.15, 0.2) is 76.5 Å². The van der Waals surface area contributed by atoms with Gasteiger partial charge in [-0.3, -0.25) is 4.57 Å². The third-order valence-electron chi connectivity index (χ3n) is 4.16. The van der Waals surface area contributed by atoms with Crippen LogP contribution in [0.4, 0.5) is 5.95 Å². The number of hydrogen-bond donors (Lipinski definition) is 2. The first-order valence-electron chi connectivity index (χ1n) is 8.77. The summed E-state index contributed by atoms with van der Waals surface area (Å²) in [5.41, 5.74) is 0.805. The van der Waals surface area contributed by atoms with E-state index in [4.69, 9.17) is 0 Å². The second kappa shape index (κ2) is 8.27. The molecule has 0 bridgehead atoms. The van der Waals surface area contributed by atoms with Crippen molar-refractivity contribution in [2.45, 2.75) is 4.90 Å². The van der Waals surface area contributed by atoms with Crippen LogP contribution in [0.3, 0.4) is 0 Å². The van der Waals surface area contributed by atoms with Crippen LogP contribution in [0.1, 0.15) is 0 Å². The molecule has 0 saturated heterocycles. The Morgan fingerprint density at radius 3 is 2.62 bits per heavy atom. The molecule has 0 unspecified atom stereocenters. The number of rotatable bonds is 7. The zero-order chi connectivity index (χ0) is 20.3. The van der Waals surface area contributed by atoms with Gasteiger partial charge in [0.15, 0.2) is 0 Å². The summed E-state index contributed by atoms with van der Waals surface area (Å²) in [7, 11) is -3.56. The first-order valence-corrected chi connectivity index (χ1v) is 11.1. The van der Waals surface area contributed by atoms with Crippen molar-refractivity contribution < 1.29 is 8.42 Å². The molecule has 3 aromatic heterocycles. The molecule has 0 fully saturated rings. The van der Waals surface area contributed by atoms with Crippen molar-refractivity contribution in [3.63, 3.8) is 0 Å². The van der Waals surface area contributed by atoms with Gasteiger partial charge in [0.1, 0.15) is 11.5 Å². The fourth-order valence-electron chi connectivity index (χ4n) is 2.78. The topological polar surface area (TPSA) is 102 Å². The van der Waals surface area contributed by atoms with Gasteiger partial charge < -0.3 is 5.32 Å². The molecule has 8 nitrogen and oxygen atoms in total. The molecule has 0 aliphatic carbocycles. The highest BCUT2D eigenvalue weighted by molar-refractivity contribution is 9.10. The minimum Gasteiger partial charge on any atom is -0.353 e. The molecule has 0 aliphatic rings. The molecular formula is C19H17BrN6O2S. The van der Waals surface area contributed by atoms with Crippen LogP contribution in [0, 0.1) is 0 Å². The molecule has 0 aliphatic heterocycles. The Labute approximate surface area is 176 Å². The van der Waals surface area contributed by atoms with Crippen molar-refractivity contribution >= 4 is 42.9 Å². The van der Waals surface area contributed by atoms with Gasteiger partial charge in [-0.2, -0.15) is 4.98 Å². The van der Waals surface area contributed by atoms with E-state index in [9.17, 15) is 8.42 Å². The normalized spacial score (nSPS) is 11.6. The van der Waals surface area contributed by atoms with Crippen LogP contribution in [0.25, 0.3) is 16.9 Å². The average Bonchev–Trinajstić information content (AvgIpc) is 3.16. The lowest BCUT2D eigenvalue weighted by molar-refractivity contribution is 0.583. The van der Waals surface area contributed by atoms with Crippen molar-refractivity contribution in [2.75, 3.05) is 18.4 Å². The predicted molar refractivity (Wildman–Crippen MR) is 114 cm³/mol. The summed E-state index contributed by atoms with van der Waals surface area (Å²) in [5, 5.41) is 4.05. The van der Waals surface area contributed by atoms with Crippen molar-refractivity contribution in [3.8, 4) is 5.82 Å². The minimum absolute atomic E-state index is 0.194. The Morgan fingerprint density at radius 1 is 0.966 bits per heavy atom. The lowest BCUT2D eigenvalue weighted by Gasteiger charge is -2.09. The third-order valence-corrected chi connectivity index (χ3v) is 6.17. The molecule has 2 N–H and O–H groups in total. The summed E-state index contributed by atoms with van der Waals surface area (Å²) >= 11 is 3.29. The van der Waals surface area contributed by atoms with Crippen molar-refractivity contribution in [2.24, 2.45) is 0 Å². The molecule has 0 amide bonds. The lowest BCUT2D eigenvalue weighted by Crippen LogP contribution is -2.29. The highest BCUT2D eigenvalue weighted by Crippen LogP contribution is 2.17. The van der Waals surface area contributed by atoms with E-state index in [1.165, 1.54) is 0 Å². The van der Waals surface area contributed by atoms with Gasteiger partial charge in [0.25, 0.3) is 0 Å². The predicted octanol–water partition coefficient (Wildman–Crippen LogP) is 2.97. The van der Waals surface area contributed by atoms with Gasteiger partial charge in [0.05, 0.1) is 4.90 Å². The number of benzene rings is 1. The van der Waals surface area contributed by atoms with Crippen LogP contribution >= 0.6 is 15.9 Å². The largest absolute Gasteiger partial charge is 0.353 e. The Hall–Kier alpha value is -2.82. The first kappa shape index (κ1) is 19.5. The molecule has 4 aromatic rings.